The van der Waals surface area contributed by atoms with Crippen LogP contribution in [0.1, 0.15) is 29.1 Å². The second-order valence-corrected chi connectivity index (χ2v) is 6.43. The van der Waals surface area contributed by atoms with Gasteiger partial charge < -0.3 is 10.4 Å². The fraction of sp³-hybridized carbons (Fsp3) is 0.222. The minimum absolute atomic E-state index is 0.0669. The van der Waals surface area contributed by atoms with Gasteiger partial charge >= 0.3 is 0 Å². The van der Waals surface area contributed by atoms with Crippen molar-refractivity contribution in [2.45, 2.75) is 26.1 Å². The maximum absolute atomic E-state index is 9.23. The number of hydrogen-bond acceptors (Lipinski definition) is 5. The van der Waals surface area contributed by atoms with Gasteiger partial charge in [-0.15, -0.1) is 10.2 Å². The summed E-state index contributed by atoms with van der Waals surface area (Å²) in [7, 11) is 0. The molecule has 0 amide bonds. The Kier molecular flexibility index (Phi) is 5.12. The van der Waals surface area contributed by atoms with Gasteiger partial charge in [0.15, 0.2) is 0 Å². The molecule has 2 aromatic carbocycles. The minimum atomic E-state index is 0.0669. The first-order valence-corrected chi connectivity index (χ1v) is 8.39. The van der Waals surface area contributed by atoms with Gasteiger partial charge in [0.05, 0.1) is 13.2 Å². The Morgan fingerprint density at radius 1 is 1.09 bits per heavy atom. The van der Waals surface area contributed by atoms with E-state index < -0.39 is 0 Å². The number of aromatic nitrogens is 2. The first-order chi connectivity index (χ1) is 11.3. The van der Waals surface area contributed by atoms with Crippen LogP contribution < -0.4 is 5.32 Å². The van der Waals surface area contributed by atoms with Gasteiger partial charge in [0.2, 0.25) is 0 Å². The highest BCUT2D eigenvalue weighted by molar-refractivity contribution is 7.14. The van der Waals surface area contributed by atoms with Crippen molar-refractivity contribution < 1.29 is 5.11 Å². The van der Waals surface area contributed by atoms with Crippen LogP contribution in [0.25, 0.3) is 10.6 Å². The first kappa shape index (κ1) is 15.8. The molecule has 0 saturated heterocycles. The Morgan fingerprint density at radius 3 is 2.70 bits per heavy atom. The van der Waals surface area contributed by atoms with Crippen LogP contribution in [-0.4, -0.2) is 15.3 Å². The third-order valence-corrected chi connectivity index (χ3v) is 4.65. The highest BCUT2D eigenvalue weighted by atomic mass is 32.1. The Morgan fingerprint density at radius 2 is 1.91 bits per heavy atom. The normalized spacial score (nSPS) is 12.3. The van der Waals surface area contributed by atoms with Crippen LogP contribution in [0, 0.1) is 0 Å². The standard InChI is InChI=1S/C18H19N3OS/c1-13(16-9-5-6-14(10-16)12-22)19-11-17-20-21-18(23-17)15-7-3-2-4-8-15/h2-10,13,19,22H,11-12H2,1H3. The molecule has 1 heterocycles. The molecule has 0 aliphatic carbocycles. The zero-order valence-electron chi connectivity index (χ0n) is 12.9. The number of aliphatic hydroxyl groups is 1. The van der Waals surface area contributed by atoms with Crippen molar-refractivity contribution in [1.82, 2.24) is 15.5 Å². The van der Waals surface area contributed by atoms with Crippen LogP contribution in [0.5, 0.6) is 0 Å². The molecule has 0 saturated carbocycles. The lowest BCUT2D eigenvalue weighted by atomic mass is 10.1. The summed E-state index contributed by atoms with van der Waals surface area (Å²) in [4.78, 5) is 0. The quantitative estimate of drug-likeness (QED) is 0.728. The van der Waals surface area contributed by atoms with Gasteiger partial charge in [0, 0.05) is 11.6 Å². The number of rotatable bonds is 6. The molecule has 0 bridgehead atoms. The molecule has 3 rings (SSSR count). The summed E-state index contributed by atoms with van der Waals surface area (Å²) in [5.41, 5.74) is 3.18. The molecule has 1 unspecified atom stereocenters. The molecule has 0 fully saturated rings. The molecule has 3 aromatic rings. The zero-order valence-corrected chi connectivity index (χ0v) is 13.8. The third-order valence-electron chi connectivity index (χ3n) is 3.68. The fourth-order valence-electron chi connectivity index (χ4n) is 2.34. The maximum Gasteiger partial charge on any atom is 0.147 e. The summed E-state index contributed by atoms with van der Waals surface area (Å²) in [6, 6.07) is 18.3. The fourth-order valence-corrected chi connectivity index (χ4v) is 3.14. The first-order valence-electron chi connectivity index (χ1n) is 7.57. The largest absolute Gasteiger partial charge is 0.392 e. The van der Waals surface area contributed by atoms with E-state index in [9.17, 15) is 5.11 Å². The second kappa shape index (κ2) is 7.46. The molecule has 0 spiro atoms. The van der Waals surface area contributed by atoms with E-state index in [1.807, 2.05) is 48.5 Å². The van der Waals surface area contributed by atoms with E-state index in [4.69, 9.17) is 0 Å². The number of hydrogen-bond donors (Lipinski definition) is 2. The topological polar surface area (TPSA) is 58.0 Å². The lowest BCUT2D eigenvalue weighted by molar-refractivity contribution is 0.281. The second-order valence-electron chi connectivity index (χ2n) is 5.37. The van der Waals surface area contributed by atoms with E-state index in [2.05, 4.69) is 28.5 Å². The summed E-state index contributed by atoms with van der Waals surface area (Å²) in [6.07, 6.45) is 0. The van der Waals surface area contributed by atoms with Gasteiger partial charge in [0.25, 0.3) is 0 Å². The lowest BCUT2D eigenvalue weighted by Crippen LogP contribution is -2.18. The highest BCUT2D eigenvalue weighted by Crippen LogP contribution is 2.23. The van der Waals surface area contributed by atoms with Crippen LogP contribution in [0.2, 0.25) is 0 Å². The van der Waals surface area contributed by atoms with Crippen LogP contribution in [0.4, 0.5) is 0 Å². The van der Waals surface area contributed by atoms with Gasteiger partial charge in [-0.3, -0.25) is 0 Å². The zero-order chi connectivity index (χ0) is 16.1. The minimum Gasteiger partial charge on any atom is -0.392 e. The Bertz CT molecular complexity index is 758. The van der Waals surface area contributed by atoms with E-state index in [0.717, 1.165) is 26.7 Å². The predicted molar refractivity (Wildman–Crippen MR) is 93.0 cm³/mol. The van der Waals surface area contributed by atoms with Crippen molar-refractivity contribution in [3.05, 3.63) is 70.7 Å². The Balaban J connectivity index is 1.63. The molecule has 2 N–H and O–H groups in total. The molecule has 23 heavy (non-hydrogen) atoms. The smallest absolute Gasteiger partial charge is 0.147 e. The number of benzene rings is 2. The van der Waals surface area contributed by atoms with E-state index in [1.54, 1.807) is 11.3 Å². The summed E-state index contributed by atoms with van der Waals surface area (Å²) >= 11 is 1.61. The van der Waals surface area contributed by atoms with E-state index in [0.29, 0.717) is 6.54 Å². The van der Waals surface area contributed by atoms with Crippen molar-refractivity contribution in [2.75, 3.05) is 0 Å². The van der Waals surface area contributed by atoms with Crippen LogP contribution in [0.3, 0.4) is 0 Å². The Labute approximate surface area is 139 Å². The van der Waals surface area contributed by atoms with Crippen molar-refractivity contribution in [1.29, 1.82) is 0 Å². The molecule has 4 nitrogen and oxygen atoms in total. The summed E-state index contributed by atoms with van der Waals surface area (Å²) < 4.78 is 0. The van der Waals surface area contributed by atoms with Crippen LogP contribution in [-0.2, 0) is 13.2 Å². The predicted octanol–water partition coefficient (Wildman–Crippen LogP) is 3.55. The van der Waals surface area contributed by atoms with Gasteiger partial charge in [-0.1, -0.05) is 65.9 Å². The summed E-state index contributed by atoms with van der Waals surface area (Å²) in [5.74, 6) is 0. The number of aliphatic hydroxyl groups excluding tert-OH is 1. The van der Waals surface area contributed by atoms with E-state index >= 15 is 0 Å². The molecule has 0 aliphatic rings. The molecule has 0 radical (unpaired) electrons. The average molecular weight is 325 g/mol. The summed E-state index contributed by atoms with van der Waals surface area (Å²) in [5, 5.41) is 23.1. The molecule has 118 valence electrons. The SMILES string of the molecule is CC(NCc1nnc(-c2ccccc2)s1)c1cccc(CO)c1. The number of nitrogens with zero attached hydrogens (tertiary/aromatic N) is 2. The molecular formula is C18H19N3OS. The van der Waals surface area contributed by atoms with Crippen molar-refractivity contribution in [3.8, 4) is 10.6 Å². The van der Waals surface area contributed by atoms with Crippen molar-refractivity contribution in [3.63, 3.8) is 0 Å². The maximum atomic E-state index is 9.23. The van der Waals surface area contributed by atoms with Gasteiger partial charge in [0.1, 0.15) is 10.0 Å². The molecular weight excluding hydrogens is 306 g/mol. The average Bonchev–Trinajstić information content (AvgIpc) is 3.09. The van der Waals surface area contributed by atoms with Gasteiger partial charge in [-0.2, -0.15) is 0 Å². The highest BCUT2D eigenvalue weighted by Gasteiger charge is 2.09. The molecule has 1 aromatic heterocycles. The number of nitrogens with one attached hydrogen (secondary N) is 1. The molecule has 1 atom stereocenters. The van der Waals surface area contributed by atoms with Gasteiger partial charge in [-0.25, -0.2) is 0 Å². The van der Waals surface area contributed by atoms with Crippen LogP contribution >= 0.6 is 11.3 Å². The van der Waals surface area contributed by atoms with Gasteiger partial charge in [-0.05, 0) is 18.1 Å². The van der Waals surface area contributed by atoms with E-state index in [-0.39, 0.29) is 12.6 Å². The summed E-state index contributed by atoms with van der Waals surface area (Å²) in [6.45, 7) is 2.85. The van der Waals surface area contributed by atoms with Crippen LogP contribution in [0.15, 0.2) is 54.6 Å². The van der Waals surface area contributed by atoms with Crippen molar-refractivity contribution >= 4 is 11.3 Å². The van der Waals surface area contributed by atoms with Crippen molar-refractivity contribution in [2.24, 2.45) is 0 Å². The Hall–Kier alpha value is -2.08. The molecule has 5 heteroatoms. The molecule has 0 aliphatic heterocycles. The third kappa shape index (κ3) is 4.01. The lowest BCUT2D eigenvalue weighted by Gasteiger charge is -2.13. The van der Waals surface area contributed by atoms with E-state index in [1.165, 1.54) is 0 Å². The monoisotopic (exact) mass is 325 g/mol.